The van der Waals surface area contributed by atoms with Crippen LogP contribution in [0.5, 0.6) is 11.5 Å². The third-order valence-corrected chi connectivity index (χ3v) is 2.96. The molecule has 6 heteroatoms. The van der Waals surface area contributed by atoms with Crippen molar-refractivity contribution in [3.63, 3.8) is 0 Å². The van der Waals surface area contributed by atoms with E-state index in [1.165, 1.54) is 13.2 Å². The van der Waals surface area contributed by atoms with E-state index in [-0.39, 0.29) is 11.4 Å². The summed E-state index contributed by atoms with van der Waals surface area (Å²) in [6.45, 7) is 1.54. The highest BCUT2D eigenvalue weighted by Crippen LogP contribution is 2.30. The molecule has 6 nitrogen and oxygen atoms in total. The number of rotatable bonds is 5. The molecule has 0 aromatic heterocycles. The predicted molar refractivity (Wildman–Crippen MR) is 66.2 cm³/mol. The van der Waals surface area contributed by atoms with E-state index in [9.17, 15) is 10.1 Å². The lowest BCUT2D eigenvalue weighted by atomic mass is 10.2. The van der Waals surface area contributed by atoms with Gasteiger partial charge >= 0.3 is 5.69 Å². The van der Waals surface area contributed by atoms with Gasteiger partial charge in [0, 0.05) is 6.04 Å². The SMILES string of the molecule is COc1ccc(OC[C@H]2CCCN2)cc1[N+](=O)[O-]. The summed E-state index contributed by atoms with van der Waals surface area (Å²) >= 11 is 0. The van der Waals surface area contributed by atoms with Crippen LogP contribution in [0.15, 0.2) is 18.2 Å². The van der Waals surface area contributed by atoms with Gasteiger partial charge in [0.15, 0.2) is 5.75 Å². The highest BCUT2D eigenvalue weighted by Gasteiger charge is 2.18. The maximum absolute atomic E-state index is 10.9. The molecule has 1 fully saturated rings. The zero-order valence-corrected chi connectivity index (χ0v) is 10.2. The van der Waals surface area contributed by atoms with Gasteiger partial charge < -0.3 is 14.8 Å². The van der Waals surface area contributed by atoms with Crippen molar-refractivity contribution in [2.45, 2.75) is 18.9 Å². The summed E-state index contributed by atoms with van der Waals surface area (Å²) in [6.07, 6.45) is 2.23. The minimum absolute atomic E-state index is 0.0746. The summed E-state index contributed by atoms with van der Waals surface area (Å²) in [7, 11) is 1.41. The number of hydrogen-bond acceptors (Lipinski definition) is 5. The minimum Gasteiger partial charge on any atom is -0.492 e. The van der Waals surface area contributed by atoms with Crippen molar-refractivity contribution in [1.29, 1.82) is 0 Å². The Balaban J connectivity index is 2.04. The monoisotopic (exact) mass is 252 g/mol. The van der Waals surface area contributed by atoms with Crippen LogP contribution in [0, 0.1) is 10.1 Å². The van der Waals surface area contributed by atoms with Crippen LogP contribution in [-0.2, 0) is 0 Å². The highest BCUT2D eigenvalue weighted by atomic mass is 16.6. The Morgan fingerprint density at radius 2 is 2.39 bits per heavy atom. The van der Waals surface area contributed by atoms with Gasteiger partial charge in [-0.05, 0) is 31.5 Å². The number of benzene rings is 1. The van der Waals surface area contributed by atoms with E-state index in [0.29, 0.717) is 18.4 Å². The molecule has 1 heterocycles. The number of nitrogens with one attached hydrogen (secondary N) is 1. The summed E-state index contributed by atoms with van der Waals surface area (Å²) in [5.74, 6) is 0.738. The average molecular weight is 252 g/mol. The number of nitro benzene ring substituents is 1. The third kappa shape index (κ3) is 2.89. The molecule has 2 rings (SSSR count). The van der Waals surface area contributed by atoms with E-state index in [4.69, 9.17) is 9.47 Å². The number of methoxy groups -OCH3 is 1. The summed E-state index contributed by atoms with van der Waals surface area (Å²) in [4.78, 5) is 10.4. The van der Waals surface area contributed by atoms with Crippen molar-refractivity contribution in [2.24, 2.45) is 0 Å². The molecule has 1 aliphatic rings. The molecule has 0 aliphatic carbocycles. The van der Waals surface area contributed by atoms with Gasteiger partial charge in [0.2, 0.25) is 0 Å². The molecule has 0 radical (unpaired) electrons. The Morgan fingerprint density at radius 1 is 1.56 bits per heavy atom. The molecule has 1 N–H and O–H groups in total. The van der Waals surface area contributed by atoms with Gasteiger partial charge in [-0.1, -0.05) is 0 Å². The molecular formula is C12H16N2O4. The van der Waals surface area contributed by atoms with Gasteiger partial charge in [0.05, 0.1) is 18.1 Å². The second-order valence-electron chi connectivity index (χ2n) is 4.20. The van der Waals surface area contributed by atoms with E-state index in [1.54, 1.807) is 12.1 Å². The van der Waals surface area contributed by atoms with Crippen molar-refractivity contribution >= 4 is 5.69 Å². The number of hydrogen-bond donors (Lipinski definition) is 1. The van der Waals surface area contributed by atoms with Gasteiger partial charge in [0.1, 0.15) is 12.4 Å². The molecule has 18 heavy (non-hydrogen) atoms. The highest BCUT2D eigenvalue weighted by molar-refractivity contribution is 5.50. The summed E-state index contributed by atoms with van der Waals surface area (Å²) < 4.78 is 10.5. The third-order valence-electron chi connectivity index (χ3n) is 2.96. The molecule has 1 aromatic carbocycles. The van der Waals surface area contributed by atoms with E-state index in [2.05, 4.69) is 5.32 Å². The first-order valence-electron chi connectivity index (χ1n) is 5.89. The second kappa shape index (κ2) is 5.68. The first-order chi connectivity index (χ1) is 8.70. The lowest BCUT2D eigenvalue weighted by molar-refractivity contribution is -0.385. The Bertz CT molecular complexity index is 430. The van der Waals surface area contributed by atoms with Crippen LogP contribution in [0.3, 0.4) is 0 Å². The predicted octanol–water partition coefficient (Wildman–Crippen LogP) is 1.73. The molecule has 0 saturated carbocycles. The molecule has 1 aliphatic heterocycles. The van der Waals surface area contributed by atoms with E-state index < -0.39 is 4.92 Å². The van der Waals surface area contributed by atoms with E-state index >= 15 is 0 Å². The quantitative estimate of drug-likeness (QED) is 0.638. The first-order valence-corrected chi connectivity index (χ1v) is 5.89. The zero-order valence-electron chi connectivity index (χ0n) is 10.2. The van der Waals surface area contributed by atoms with Crippen LogP contribution in [0.2, 0.25) is 0 Å². The lowest BCUT2D eigenvalue weighted by Gasteiger charge is -2.12. The van der Waals surface area contributed by atoms with Crippen molar-refractivity contribution in [3.05, 3.63) is 28.3 Å². The van der Waals surface area contributed by atoms with Crippen molar-refractivity contribution < 1.29 is 14.4 Å². The molecule has 0 spiro atoms. The van der Waals surface area contributed by atoms with Crippen molar-refractivity contribution in [2.75, 3.05) is 20.3 Å². The summed E-state index contributed by atoms with van der Waals surface area (Å²) in [6, 6.07) is 4.97. The lowest BCUT2D eigenvalue weighted by Crippen LogP contribution is -2.28. The molecule has 1 aromatic rings. The maximum atomic E-state index is 10.9. The molecule has 1 saturated heterocycles. The van der Waals surface area contributed by atoms with Crippen LogP contribution in [0.25, 0.3) is 0 Å². The smallest absolute Gasteiger partial charge is 0.314 e. The summed E-state index contributed by atoms with van der Waals surface area (Å²) in [5.41, 5.74) is -0.0746. The Hall–Kier alpha value is -1.82. The van der Waals surface area contributed by atoms with E-state index in [0.717, 1.165) is 19.4 Å². The molecule has 0 bridgehead atoms. The fourth-order valence-corrected chi connectivity index (χ4v) is 2.00. The minimum atomic E-state index is -0.473. The fourth-order valence-electron chi connectivity index (χ4n) is 2.00. The number of nitrogens with zero attached hydrogens (tertiary/aromatic N) is 1. The van der Waals surface area contributed by atoms with Gasteiger partial charge in [-0.25, -0.2) is 0 Å². The van der Waals surface area contributed by atoms with Crippen LogP contribution in [-0.4, -0.2) is 31.2 Å². The average Bonchev–Trinajstić information content (AvgIpc) is 2.89. The van der Waals surface area contributed by atoms with Crippen LogP contribution >= 0.6 is 0 Å². The molecular weight excluding hydrogens is 236 g/mol. The molecule has 0 unspecified atom stereocenters. The number of ether oxygens (including phenoxy) is 2. The van der Waals surface area contributed by atoms with E-state index in [1.807, 2.05) is 0 Å². The molecule has 98 valence electrons. The largest absolute Gasteiger partial charge is 0.492 e. The standard InChI is InChI=1S/C12H16N2O4/c1-17-12-5-4-10(7-11(12)14(15)16)18-8-9-3-2-6-13-9/h4-5,7,9,13H,2-3,6,8H2,1H3/t9-/m1/s1. The van der Waals surface area contributed by atoms with Crippen LogP contribution in [0.1, 0.15) is 12.8 Å². The van der Waals surface area contributed by atoms with Crippen LogP contribution in [0.4, 0.5) is 5.69 Å². The zero-order chi connectivity index (χ0) is 13.0. The van der Waals surface area contributed by atoms with Gasteiger partial charge in [-0.2, -0.15) is 0 Å². The van der Waals surface area contributed by atoms with Crippen molar-refractivity contribution in [1.82, 2.24) is 5.32 Å². The van der Waals surface area contributed by atoms with Gasteiger partial charge in [-0.3, -0.25) is 10.1 Å². The van der Waals surface area contributed by atoms with Gasteiger partial charge in [0.25, 0.3) is 0 Å². The van der Waals surface area contributed by atoms with Crippen LogP contribution < -0.4 is 14.8 Å². The Labute approximate surface area is 105 Å². The Morgan fingerprint density at radius 3 is 3.00 bits per heavy atom. The maximum Gasteiger partial charge on any atom is 0.314 e. The fraction of sp³-hybridized carbons (Fsp3) is 0.500. The Kier molecular flexibility index (Phi) is 3.99. The van der Waals surface area contributed by atoms with Crippen molar-refractivity contribution in [3.8, 4) is 11.5 Å². The number of nitro groups is 1. The topological polar surface area (TPSA) is 73.6 Å². The summed E-state index contributed by atoms with van der Waals surface area (Å²) in [5, 5.41) is 14.2. The normalized spacial score (nSPS) is 18.6. The first kappa shape index (κ1) is 12.6. The molecule has 0 amide bonds. The second-order valence-corrected chi connectivity index (χ2v) is 4.20. The van der Waals surface area contributed by atoms with Gasteiger partial charge in [-0.15, -0.1) is 0 Å². The molecule has 1 atom stereocenters.